The van der Waals surface area contributed by atoms with Crippen molar-refractivity contribution in [3.63, 3.8) is 0 Å². The van der Waals surface area contributed by atoms with Crippen molar-refractivity contribution in [1.29, 1.82) is 0 Å². The molecule has 6 nitrogen and oxygen atoms in total. The predicted molar refractivity (Wildman–Crippen MR) is 106 cm³/mol. The van der Waals surface area contributed by atoms with Gasteiger partial charge in [-0.1, -0.05) is 25.4 Å². The van der Waals surface area contributed by atoms with E-state index in [9.17, 15) is 9.59 Å². The largest absolute Gasteiger partial charge is 0.464 e. The van der Waals surface area contributed by atoms with Crippen molar-refractivity contribution in [3.8, 4) is 0 Å². The van der Waals surface area contributed by atoms with E-state index in [2.05, 4.69) is 24.1 Å². The molecular formula is C20H27ClN3O3+. The molecule has 1 saturated heterocycles. The Balaban J connectivity index is 1.74. The highest BCUT2D eigenvalue weighted by Gasteiger charge is 2.26. The van der Waals surface area contributed by atoms with E-state index in [1.807, 2.05) is 0 Å². The number of hydrogen-bond acceptors (Lipinski definition) is 3. The summed E-state index contributed by atoms with van der Waals surface area (Å²) in [6.45, 7) is 7.54. The Morgan fingerprint density at radius 2 is 2.00 bits per heavy atom. The molecule has 0 unspecified atom stereocenters. The fourth-order valence-electron chi connectivity index (χ4n) is 4.17. The number of quaternary nitrogens is 1. The van der Waals surface area contributed by atoms with E-state index in [1.54, 1.807) is 18.2 Å². The van der Waals surface area contributed by atoms with E-state index in [0.29, 0.717) is 34.4 Å². The highest BCUT2D eigenvalue weighted by Crippen LogP contribution is 2.30. The van der Waals surface area contributed by atoms with Crippen LogP contribution in [-0.4, -0.2) is 43.6 Å². The van der Waals surface area contributed by atoms with Gasteiger partial charge in [0.05, 0.1) is 38.9 Å². The summed E-state index contributed by atoms with van der Waals surface area (Å²) in [4.78, 5) is 29.2. The number of methoxy groups -OCH3 is 1. The molecule has 27 heavy (non-hydrogen) atoms. The van der Waals surface area contributed by atoms with Gasteiger partial charge in [-0.15, -0.1) is 0 Å². The minimum atomic E-state index is -0.526. The molecule has 1 fully saturated rings. The topological polar surface area (TPSA) is 75.6 Å². The highest BCUT2D eigenvalue weighted by atomic mass is 35.5. The fraction of sp³-hybridized carbons (Fsp3) is 0.500. The van der Waals surface area contributed by atoms with Crippen LogP contribution in [0.5, 0.6) is 0 Å². The lowest BCUT2D eigenvalue weighted by atomic mass is 9.92. The van der Waals surface area contributed by atoms with Gasteiger partial charge in [0, 0.05) is 27.8 Å². The molecule has 1 aromatic carbocycles. The molecule has 146 valence electrons. The van der Waals surface area contributed by atoms with Gasteiger partial charge >= 0.3 is 5.97 Å². The Hall–Kier alpha value is -2.05. The number of aromatic amines is 1. The van der Waals surface area contributed by atoms with E-state index < -0.39 is 5.97 Å². The number of amides is 1. The molecule has 1 amide bonds. The van der Waals surface area contributed by atoms with Crippen LogP contribution in [0.3, 0.4) is 0 Å². The third-order valence-corrected chi connectivity index (χ3v) is 5.43. The van der Waals surface area contributed by atoms with Crippen LogP contribution in [0, 0.1) is 11.8 Å². The summed E-state index contributed by atoms with van der Waals surface area (Å²) in [5.41, 5.74) is 1.38. The van der Waals surface area contributed by atoms with Crippen LogP contribution in [0.25, 0.3) is 10.9 Å². The molecule has 3 rings (SSSR count). The van der Waals surface area contributed by atoms with Crippen molar-refractivity contribution in [1.82, 2.24) is 4.98 Å². The first-order chi connectivity index (χ1) is 12.9. The first kappa shape index (κ1) is 19.7. The maximum Gasteiger partial charge on any atom is 0.356 e. The number of piperidine rings is 1. The number of carbonyl (C=O) groups excluding carboxylic acids is 2. The average molecular weight is 393 g/mol. The second-order valence-electron chi connectivity index (χ2n) is 7.71. The highest BCUT2D eigenvalue weighted by molar-refractivity contribution is 6.31. The smallest absolute Gasteiger partial charge is 0.356 e. The monoisotopic (exact) mass is 392 g/mol. The van der Waals surface area contributed by atoms with Crippen LogP contribution in [0.1, 0.15) is 37.2 Å². The second kappa shape index (κ2) is 8.31. The molecule has 0 spiro atoms. The zero-order valence-corrected chi connectivity index (χ0v) is 16.8. The van der Waals surface area contributed by atoms with Crippen molar-refractivity contribution < 1.29 is 19.2 Å². The standard InChI is InChI=1S/C20H26ClN3O3/c1-12-8-13(2)11-24(10-12)7-6-17(25)23-18-15-9-14(21)4-5-16(15)22-19(18)20(26)27-3/h4-5,9,12-13,22H,6-8,10-11H2,1-3H3,(H,23,25)/p+1/t12-,13-/m1/s1. The lowest BCUT2D eigenvalue weighted by Crippen LogP contribution is -3.14. The third-order valence-electron chi connectivity index (χ3n) is 5.20. The third kappa shape index (κ3) is 4.62. The van der Waals surface area contributed by atoms with E-state index in [0.717, 1.165) is 25.2 Å². The van der Waals surface area contributed by atoms with Gasteiger partial charge in [-0.3, -0.25) is 4.79 Å². The number of aromatic nitrogens is 1. The normalized spacial score (nSPS) is 22.6. The molecule has 1 aliphatic heterocycles. The number of fused-ring (bicyclic) bond motifs is 1. The van der Waals surface area contributed by atoms with E-state index in [4.69, 9.17) is 16.3 Å². The Morgan fingerprint density at radius 1 is 1.30 bits per heavy atom. The SMILES string of the molecule is COC(=O)c1[nH]c2ccc(Cl)cc2c1NC(=O)CC[NH+]1C[C@H](C)C[C@@H](C)C1. The summed E-state index contributed by atoms with van der Waals surface area (Å²) < 4.78 is 4.84. The zero-order chi connectivity index (χ0) is 19.6. The van der Waals surface area contributed by atoms with Gasteiger partial charge in [-0.25, -0.2) is 4.79 Å². The van der Waals surface area contributed by atoms with Crippen LogP contribution in [0.4, 0.5) is 5.69 Å². The molecular weight excluding hydrogens is 366 g/mol. The van der Waals surface area contributed by atoms with Crippen molar-refractivity contribution in [2.24, 2.45) is 11.8 Å². The molecule has 1 aliphatic rings. The fourth-order valence-corrected chi connectivity index (χ4v) is 4.34. The van der Waals surface area contributed by atoms with Gasteiger partial charge in [0.25, 0.3) is 0 Å². The molecule has 0 aliphatic carbocycles. The van der Waals surface area contributed by atoms with Gasteiger partial charge in [0.15, 0.2) is 0 Å². The summed E-state index contributed by atoms with van der Waals surface area (Å²) in [5.74, 6) is 0.739. The average Bonchev–Trinajstić information content (AvgIpc) is 2.96. The van der Waals surface area contributed by atoms with Gasteiger partial charge in [-0.2, -0.15) is 0 Å². The van der Waals surface area contributed by atoms with Gasteiger partial charge in [0.1, 0.15) is 5.69 Å². The Labute approximate surface area is 164 Å². The number of H-pyrrole nitrogens is 1. The van der Waals surface area contributed by atoms with Crippen LogP contribution in [-0.2, 0) is 9.53 Å². The lowest BCUT2D eigenvalue weighted by molar-refractivity contribution is -0.911. The van der Waals surface area contributed by atoms with Gasteiger partial charge in [-0.05, 0) is 24.6 Å². The minimum Gasteiger partial charge on any atom is -0.464 e. The van der Waals surface area contributed by atoms with Gasteiger partial charge < -0.3 is 19.9 Å². The van der Waals surface area contributed by atoms with Crippen molar-refractivity contribution >= 4 is 40.1 Å². The van der Waals surface area contributed by atoms with Crippen molar-refractivity contribution in [3.05, 3.63) is 28.9 Å². The number of esters is 1. The first-order valence-electron chi connectivity index (χ1n) is 9.40. The maximum atomic E-state index is 12.6. The van der Waals surface area contributed by atoms with E-state index in [1.165, 1.54) is 18.4 Å². The Bertz CT molecular complexity index is 838. The van der Waals surface area contributed by atoms with Crippen LogP contribution in [0.15, 0.2) is 18.2 Å². The number of benzene rings is 1. The quantitative estimate of drug-likeness (QED) is 0.684. The summed E-state index contributed by atoms with van der Waals surface area (Å²) in [5, 5.41) is 4.13. The summed E-state index contributed by atoms with van der Waals surface area (Å²) >= 11 is 6.09. The maximum absolute atomic E-state index is 12.6. The van der Waals surface area contributed by atoms with Crippen molar-refractivity contribution in [2.45, 2.75) is 26.7 Å². The Kier molecular flexibility index (Phi) is 6.07. The van der Waals surface area contributed by atoms with Crippen LogP contribution >= 0.6 is 11.6 Å². The molecule has 0 saturated carbocycles. The van der Waals surface area contributed by atoms with E-state index >= 15 is 0 Å². The van der Waals surface area contributed by atoms with Crippen LogP contribution in [0.2, 0.25) is 5.02 Å². The number of nitrogens with one attached hydrogen (secondary N) is 3. The summed E-state index contributed by atoms with van der Waals surface area (Å²) in [6, 6.07) is 5.24. The minimum absolute atomic E-state index is 0.112. The van der Waals surface area contributed by atoms with E-state index in [-0.39, 0.29) is 11.6 Å². The molecule has 1 aromatic heterocycles. The number of rotatable bonds is 5. The van der Waals surface area contributed by atoms with Gasteiger partial charge in [0.2, 0.25) is 5.91 Å². The first-order valence-corrected chi connectivity index (χ1v) is 9.78. The Morgan fingerprint density at radius 3 is 2.67 bits per heavy atom. The number of halogens is 1. The molecule has 3 N–H and O–H groups in total. The predicted octanol–water partition coefficient (Wildman–Crippen LogP) is 2.50. The molecule has 7 heteroatoms. The summed E-state index contributed by atoms with van der Waals surface area (Å²) in [7, 11) is 1.31. The number of hydrogen-bond donors (Lipinski definition) is 3. The zero-order valence-electron chi connectivity index (χ0n) is 16.0. The number of likely N-dealkylation sites (tertiary alicyclic amines) is 1. The molecule has 2 aromatic rings. The molecule has 2 atom stereocenters. The number of anilines is 1. The second-order valence-corrected chi connectivity index (χ2v) is 8.15. The number of ether oxygens (including phenoxy) is 1. The molecule has 0 bridgehead atoms. The van der Waals surface area contributed by atoms with Crippen LogP contribution < -0.4 is 10.2 Å². The molecule has 2 heterocycles. The number of carbonyl (C=O) groups is 2. The van der Waals surface area contributed by atoms with Crippen molar-refractivity contribution in [2.75, 3.05) is 32.1 Å². The molecule has 0 radical (unpaired) electrons. The lowest BCUT2D eigenvalue weighted by Gasteiger charge is -2.31. The summed E-state index contributed by atoms with van der Waals surface area (Å²) in [6.07, 6.45) is 1.66.